The molecule has 0 spiro atoms. The maximum Gasteiger partial charge on any atom is 0.269 e. The lowest BCUT2D eigenvalue weighted by Crippen LogP contribution is -2.12. The number of aromatic nitrogens is 3. The largest absolute Gasteiger partial charge is 0.316 e. The molecule has 4 aromatic rings. The van der Waals surface area contributed by atoms with Gasteiger partial charge in [0.05, 0.1) is 5.52 Å². The molecule has 0 saturated carbocycles. The molecule has 4 rings (SSSR count). The van der Waals surface area contributed by atoms with E-state index in [1.165, 1.54) is 10.2 Å². The Labute approximate surface area is 180 Å². The highest BCUT2D eigenvalue weighted by Gasteiger charge is 2.21. The Morgan fingerprint density at radius 3 is 2.67 bits per heavy atom. The highest BCUT2D eigenvalue weighted by molar-refractivity contribution is 7.90. The zero-order valence-corrected chi connectivity index (χ0v) is 18.2. The smallest absolute Gasteiger partial charge is 0.269 e. The summed E-state index contributed by atoms with van der Waals surface area (Å²) in [6, 6.07) is 12.9. The summed E-state index contributed by atoms with van der Waals surface area (Å²) >= 11 is 6.30. The first-order valence-electron chi connectivity index (χ1n) is 9.45. The van der Waals surface area contributed by atoms with Crippen LogP contribution in [0.4, 0.5) is 0 Å². The van der Waals surface area contributed by atoms with Crippen LogP contribution in [0.1, 0.15) is 22.4 Å². The number of pyridine rings is 2. The van der Waals surface area contributed by atoms with E-state index >= 15 is 0 Å². The van der Waals surface area contributed by atoms with Gasteiger partial charge in [0, 0.05) is 42.6 Å². The first kappa shape index (κ1) is 20.5. The van der Waals surface area contributed by atoms with Crippen LogP contribution in [0.2, 0.25) is 5.15 Å². The van der Waals surface area contributed by atoms with Gasteiger partial charge in [-0.3, -0.25) is 4.98 Å². The number of halogens is 1. The monoisotopic (exact) mass is 440 g/mol. The molecule has 0 atom stereocenters. The van der Waals surface area contributed by atoms with Gasteiger partial charge < -0.3 is 5.32 Å². The first-order valence-corrected chi connectivity index (χ1v) is 11.3. The molecule has 154 valence electrons. The van der Waals surface area contributed by atoms with E-state index in [0.29, 0.717) is 23.6 Å². The SMILES string of the molecule is CNCc1cn(S(=O)(=O)c2cccnc2)c2cc(Cc3ccc(C)nc3Cl)ccc12. The molecule has 0 radical (unpaired) electrons. The Balaban J connectivity index is 1.85. The van der Waals surface area contributed by atoms with Crippen molar-refractivity contribution in [3.05, 3.63) is 88.6 Å². The summed E-state index contributed by atoms with van der Waals surface area (Å²) in [4.78, 5) is 8.42. The molecule has 3 heterocycles. The Hall–Kier alpha value is -2.74. The van der Waals surface area contributed by atoms with E-state index in [-0.39, 0.29) is 4.90 Å². The number of rotatable bonds is 6. The zero-order chi connectivity index (χ0) is 21.3. The van der Waals surface area contributed by atoms with Crippen molar-refractivity contribution in [3.63, 3.8) is 0 Å². The second-order valence-corrected chi connectivity index (χ2v) is 9.28. The van der Waals surface area contributed by atoms with Gasteiger partial charge in [0.15, 0.2) is 0 Å². The lowest BCUT2D eigenvalue weighted by Gasteiger charge is -2.09. The van der Waals surface area contributed by atoms with E-state index in [4.69, 9.17) is 11.6 Å². The number of hydrogen-bond acceptors (Lipinski definition) is 5. The maximum atomic E-state index is 13.3. The summed E-state index contributed by atoms with van der Waals surface area (Å²) in [6.07, 6.45) is 5.15. The summed E-state index contributed by atoms with van der Waals surface area (Å²) < 4.78 is 27.9. The number of fused-ring (bicyclic) bond motifs is 1. The van der Waals surface area contributed by atoms with E-state index < -0.39 is 10.0 Å². The molecule has 0 aliphatic carbocycles. The van der Waals surface area contributed by atoms with Crippen LogP contribution in [0.3, 0.4) is 0 Å². The second kappa shape index (κ2) is 8.18. The predicted octanol–water partition coefficient (Wildman–Crippen LogP) is 3.94. The molecule has 0 fully saturated rings. The van der Waals surface area contributed by atoms with Crippen molar-refractivity contribution < 1.29 is 8.42 Å². The Kier molecular flexibility index (Phi) is 5.60. The minimum absolute atomic E-state index is 0.147. The molecule has 0 amide bonds. The fraction of sp³-hybridized carbons (Fsp3) is 0.182. The van der Waals surface area contributed by atoms with Crippen LogP contribution in [-0.2, 0) is 23.0 Å². The van der Waals surface area contributed by atoms with Crippen LogP contribution in [0.25, 0.3) is 10.9 Å². The number of aryl methyl sites for hydroxylation is 1. The van der Waals surface area contributed by atoms with E-state index in [2.05, 4.69) is 15.3 Å². The minimum atomic E-state index is -3.78. The number of nitrogens with zero attached hydrogens (tertiary/aromatic N) is 3. The lowest BCUT2D eigenvalue weighted by molar-refractivity contribution is 0.588. The fourth-order valence-electron chi connectivity index (χ4n) is 3.47. The van der Waals surface area contributed by atoms with Gasteiger partial charge in [0.2, 0.25) is 0 Å². The Morgan fingerprint density at radius 1 is 1.13 bits per heavy atom. The Bertz CT molecular complexity index is 1320. The quantitative estimate of drug-likeness (QED) is 0.459. The normalized spacial score (nSPS) is 11.8. The van der Waals surface area contributed by atoms with Crippen LogP contribution < -0.4 is 5.32 Å². The van der Waals surface area contributed by atoms with Gasteiger partial charge in [0.1, 0.15) is 10.0 Å². The highest BCUT2D eigenvalue weighted by atomic mass is 35.5. The molecule has 1 N–H and O–H groups in total. The molecule has 0 saturated heterocycles. The van der Waals surface area contributed by atoms with Gasteiger partial charge in [-0.2, -0.15) is 0 Å². The number of nitrogens with one attached hydrogen (secondary N) is 1. The third-order valence-electron chi connectivity index (χ3n) is 4.94. The van der Waals surface area contributed by atoms with E-state index in [1.54, 1.807) is 24.5 Å². The van der Waals surface area contributed by atoms with Crippen LogP contribution in [0.5, 0.6) is 0 Å². The van der Waals surface area contributed by atoms with Crippen molar-refractivity contribution in [2.75, 3.05) is 7.05 Å². The summed E-state index contributed by atoms with van der Waals surface area (Å²) in [6.45, 7) is 2.44. The van der Waals surface area contributed by atoms with Gasteiger partial charge in [-0.05, 0) is 54.9 Å². The van der Waals surface area contributed by atoms with Crippen LogP contribution in [-0.4, -0.2) is 29.4 Å². The summed E-state index contributed by atoms with van der Waals surface area (Å²) in [5, 5.41) is 4.45. The standard InChI is InChI=1S/C22H21ClN4O2S/c1-15-5-7-17(22(23)26-15)10-16-6-8-20-18(12-24-2)14-27(21(20)11-16)30(28,29)19-4-3-9-25-13-19/h3-9,11,13-14,24H,10,12H2,1-2H3. The maximum absolute atomic E-state index is 13.3. The van der Waals surface area contributed by atoms with E-state index in [9.17, 15) is 8.42 Å². The predicted molar refractivity (Wildman–Crippen MR) is 118 cm³/mol. The minimum Gasteiger partial charge on any atom is -0.316 e. The van der Waals surface area contributed by atoms with Gasteiger partial charge >= 0.3 is 0 Å². The van der Waals surface area contributed by atoms with Crippen molar-refractivity contribution in [1.82, 2.24) is 19.3 Å². The summed E-state index contributed by atoms with van der Waals surface area (Å²) in [5.74, 6) is 0. The van der Waals surface area contributed by atoms with Crippen molar-refractivity contribution in [2.45, 2.75) is 24.8 Å². The molecule has 1 aromatic carbocycles. The number of hydrogen-bond donors (Lipinski definition) is 1. The molecule has 0 bridgehead atoms. The van der Waals surface area contributed by atoms with E-state index in [1.807, 2.05) is 44.3 Å². The first-order chi connectivity index (χ1) is 14.4. The molecular weight excluding hydrogens is 420 g/mol. The van der Waals surface area contributed by atoms with Gasteiger partial charge in [-0.25, -0.2) is 17.4 Å². The molecule has 30 heavy (non-hydrogen) atoms. The van der Waals surface area contributed by atoms with Crippen molar-refractivity contribution in [3.8, 4) is 0 Å². The van der Waals surface area contributed by atoms with Crippen LogP contribution in [0.15, 0.2) is 66.0 Å². The molecule has 0 unspecified atom stereocenters. The lowest BCUT2D eigenvalue weighted by atomic mass is 10.0. The third kappa shape index (κ3) is 3.84. The fourth-order valence-corrected chi connectivity index (χ4v) is 5.08. The summed E-state index contributed by atoms with van der Waals surface area (Å²) in [7, 11) is -1.95. The highest BCUT2D eigenvalue weighted by Crippen LogP contribution is 2.28. The second-order valence-electron chi connectivity index (χ2n) is 7.11. The zero-order valence-electron chi connectivity index (χ0n) is 16.6. The molecule has 3 aromatic heterocycles. The molecule has 6 nitrogen and oxygen atoms in total. The van der Waals surface area contributed by atoms with Crippen molar-refractivity contribution in [2.24, 2.45) is 0 Å². The summed E-state index contributed by atoms with van der Waals surface area (Å²) in [5.41, 5.74) is 4.23. The number of benzene rings is 1. The average molecular weight is 441 g/mol. The van der Waals surface area contributed by atoms with Crippen molar-refractivity contribution in [1.29, 1.82) is 0 Å². The molecule has 0 aliphatic heterocycles. The average Bonchev–Trinajstić information content (AvgIpc) is 3.10. The third-order valence-corrected chi connectivity index (χ3v) is 6.92. The van der Waals surface area contributed by atoms with Gasteiger partial charge in [0.25, 0.3) is 10.0 Å². The molecule has 8 heteroatoms. The Morgan fingerprint density at radius 2 is 1.97 bits per heavy atom. The van der Waals surface area contributed by atoms with E-state index in [0.717, 1.165) is 27.8 Å². The topological polar surface area (TPSA) is 76.9 Å². The van der Waals surface area contributed by atoms with Crippen molar-refractivity contribution >= 4 is 32.5 Å². The van der Waals surface area contributed by atoms with Gasteiger partial charge in [-0.1, -0.05) is 29.8 Å². The van der Waals surface area contributed by atoms with Crippen LogP contribution >= 0.6 is 11.6 Å². The molecular formula is C22H21ClN4O2S. The molecule has 0 aliphatic rings. The van der Waals surface area contributed by atoms with Crippen LogP contribution in [0, 0.1) is 6.92 Å². The van der Waals surface area contributed by atoms with Gasteiger partial charge in [-0.15, -0.1) is 0 Å².